The molecule has 7 nitrogen and oxygen atoms in total. The van der Waals surface area contributed by atoms with Crippen LogP contribution in [0.1, 0.15) is 18.4 Å². The first-order chi connectivity index (χ1) is 15.5. The minimum atomic E-state index is -0.177. The first-order valence-electron chi connectivity index (χ1n) is 10.9. The van der Waals surface area contributed by atoms with E-state index in [1.54, 1.807) is 12.1 Å². The van der Waals surface area contributed by atoms with Crippen molar-refractivity contribution in [1.29, 1.82) is 0 Å². The smallest absolute Gasteiger partial charge is 0.238 e. The first-order valence-corrected chi connectivity index (χ1v) is 11.3. The normalized spacial score (nSPS) is 18.6. The molecule has 0 unspecified atom stereocenters. The van der Waals surface area contributed by atoms with Crippen LogP contribution in [0.3, 0.4) is 0 Å². The molecule has 1 atom stereocenters. The molecule has 0 aromatic heterocycles. The molecule has 0 bridgehead atoms. The van der Waals surface area contributed by atoms with Gasteiger partial charge in [-0.3, -0.25) is 19.3 Å². The Labute approximate surface area is 192 Å². The predicted molar refractivity (Wildman–Crippen MR) is 125 cm³/mol. The zero-order valence-electron chi connectivity index (χ0n) is 17.9. The van der Waals surface area contributed by atoms with E-state index in [9.17, 15) is 14.4 Å². The molecule has 0 radical (unpaired) electrons. The van der Waals surface area contributed by atoms with Crippen molar-refractivity contribution in [2.24, 2.45) is 5.92 Å². The molecule has 2 heterocycles. The van der Waals surface area contributed by atoms with E-state index in [0.29, 0.717) is 56.2 Å². The zero-order chi connectivity index (χ0) is 22.5. The number of nitrogens with zero attached hydrogens (tertiary/aromatic N) is 2. The van der Waals surface area contributed by atoms with Gasteiger partial charge in [0.15, 0.2) is 0 Å². The molecule has 0 aliphatic carbocycles. The number of anilines is 2. The van der Waals surface area contributed by atoms with Gasteiger partial charge in [-0.2, -0.15) is 0 Å². The van der Waals surface area contributed by atoms with Crippen molar-refractivity contribution in [3.63, 3.8) is 0 Å². The van der Waals surface area contributed by atoms with Crippen molar-refractivity contribution >= 4 is 40.7 Å². The maximum Gasteiger partial charge on any atom is 0.238 e. The van der Waals surface area contributed by atoms with Gasteiger partial charge < -0.3 is 15.5 Å². The maximum atomic E-state index is 12.7. The summed E-state index contributed by atoms with van der Waals surface area (Å²) in [6, 6.07) is 14.9. The molecular weight excluding hydrogens is 428 g/mol. The maximum absolute atomic E-state index is 12.7. The van der Waals surface area contributed by atoms with Gasteiger partial charge in [0.2, 0.25) is 17.7 Å². The van der Waals surface area contributed by atoms with Gasteiger partial charge in [-0.25, -0.2) is 0 Å². The van der Waals surface area contributed by atoms with Crippen molar-refractivity contribution in [2.45, 2.75) is 19.3 Å². The molecule has 2 aliphatic rings. The molecule has 4 rings (SSSR count). The number of hydrogen-bond donors (Lipinski definition) is 2. The Hall–Kier alpha value is -2.90. The van der Waals surface area contributed by atoms with Crippen LogP contribution in [0, 0.1) is 5.92 Å². The number of halogens is 1. The van der Waals surface area contributed by atoms with Crippen LogP contribution < -0.4 is 10.6 Å². The second kappa shape index (κ2) is 10.1. The SMILES string of the molecule is O=C(CN1CCN(C(=O)CC[C@@H]2Cc3ccccc3NC2=O)CC1)Nc1ccccc1Cl. The number of piperazine rings is 1. The standard InChI is InChI=1S/C24H27ClN4O3/c25-19-6-2-4-8-21(19)26-22(30)16-28-11-13-29(14-12-28)23(31)10-9-18-15-17-5-1-3-7-20(17)27-24(18)32/h1-8,18H,9-16H2,(H,26,30)(H,27,32)/t18-/m1/s1. The number of carbonyl (C=O) groups is 3. The monoisotopic (exact) mass is 454 g/mol. The Morgan fingerprint density at radius 3 is 2.53 bits per heavy atom. The molecule has 8 heteroatoms. The Morgan fingerprint density at radius 2 is 1.75 bits per heavy atom. The molecule has 168 valence electrons. The van der Waals surface area contributed by atoms with Crippen molar-refractivity contribution in [1.82, 2.24) is 9.80 Å². The van der Waals surface area contributed by atoms with E-state index >= 15 is 0 Å². The molecule has 2 aromatic carbocycles. The first kappa shape index (κ1) is 22.3. The van der Waals surface area contributed by atoms with Crippen LogP contribution >= 0.6 is 11.6 Å². The molecule has 32 heavy (non-hydrogen) atoms. The van der Waals surface area contributed by atoms with E-state index < -0.39 is 0 Å². The van der Waals surface area contributed by atoms with Crippen LogP contribution in [-0.4, -0.2) is 60.2 Å². The van der Waals surface area contributed by atoms with Gasteiger partial charge in [0.25, 0.3) is 0 Å². The second-order valence-electron chi connectivity index (χ2n) is 8.27. The molecule has 1 saturated heterocycles. The highest BCUT2D eigenvalue weighted by atomic mass is 35.5. The van der Waals surface area contributed by atoms with Gasteiger partial charge >= 0.3 is 0 Å². The minimum Gasteiger partial charge on any atom is -0.340 e. The lowest BCUT2D eigenvalue weighted by Gasteiger charge is -2.34. The molecule has 1 fully saturated rings. The third-order valence-corrected chi connectivity index (χ3v) is 6.39. The van der Waals surface area contributed by atoms with Crippen molar-refractivity contribution < 1.29 is 14.4 Å². The van der Waals surface area contributed by atoms with Crippen LogP contribution in [0.4, 0.5) is 11.4 Å². The summed E-state index contributed by atoms with van der Waals surface area (Å²) in [6.07, 6.45) is 1.57. The van der Waals surface area contributed by atoms with E-state index in [1.165, 1.54) is 0 Å². The second-order valence-corrected chi connectivity index (χ2v) is 8.68. The van der Waals surface area contributed by atoms with Crippen LogP contribution in [-0.2, 0) is 20.8 Å². The quantitative estimate of drug-likeness (QED) is 0.703. The summed E-state index contributed by atoms with van der Waals surface area (Å²) in [4.78, 5) is 41.2. The number of benzene rings is 2. The fourth-order valence-corrected chi connectivity index (χ4v) is 4.40. The lowest BCUT2D eigenvalue weighted by Crippen LogP contribution is -2.50. The Balaban J connectivity index is 1.20. The number of amides is 3. The summed E-state index contributed by atoms with van der Waals surface area (Å²) in [5, 5.41) is 6.28. The molecule has 0 spiro atoms. The van der Waals surface area contributed by atoms with Gasteiger partial charge in [0, 0.05) is 44.2 Å². The highest BCUT2D eigenvalue weighted by molar-refractivity contribution is 6.33. The van der Waals surface area contributed by atoms with Gasteiger partial charge in [-0.1, -0.05) is 41.9 Å². The third-order valence-electron chi connectivity index (χ3n) is 6.06. The van der Waals surface area contributed by atoms with Crippen LogP contribution in [0.25, 0.3) is 0 Å². The van der Waals surface area contributed by atoms with E-state index in [0.717, 1.165) is 11.3 Å². The molecule has 2 N–H and O–H groups in total. The van der Waals surface area contributed by atoms with Crippen LogP contribution in [0.15, 0.2) is 48.5 Å². The summed E-state index contributed by atoms with van der Waals surface area (Å²) < 4.78 is 0. The molecule has 3 amide bonds. The fraction of sp³-hybridized carbons (Fsp3) is 0.375. The number of hydrogen-bond acceptors (Lipinski definition) is 4. The Kier molecular flexibility index (Phi) is 7.07. The lowest BCUT2D eigenvalue weighted by atomic mass is 9.89. The highest BCUT2D eigenvalue weighted by Gasteiger charge is 2.28. The lowest BCUT2D eigenvalue weighted by molar-refractivity contribution is -0.133. The summed E-state index contributed by atoms with van der Waals surface area (Å²) in [5.41, 5.74) is 2.59. The van der Waals surface area contributed by atoms with Gasteiger partial charge in [-0.05, 0) is 36.6 Å². The minimum absolute atomic E-state index is 0.00847. The number of carbonyl (C=O) groups excluding carboxylic acids is 3. The molecule has 2 aromatic rings. The van der Waals surface area contributed by atoms with E-state index in [1.807, 2.05) is 46.2 Å². The van der Waals surface area contributed by atoms with Gasteiger partial charge in [0.1, 0.15) is 0 Å². The number of fused-ring (bicyclic) bond motifs is 1. The van der Waals surface area contributed by atoms with E-state index in [2.05, 4.69) is 10.6 Å². The number of para-hydroxylation sites is 2. The Morgan fingerprint density at radius 1 is 1.03 bits per heavy atom. The van der Waals surface area contributed by atoms with Crippen molar-refractivity contribution in [2.75, 3.05) is 43.4 Å². The molecular formula is C24H27ClN4O3. The summed E-state index contributed by atoms with van der Waals surface area (Å²) >= 11 is 6.09. The summed E-state index contributed by atoms with van der Waals surface area (Å²) in [6.45, 7) is 2.70. The number of nitrogens with one attached hydrogen (secondary N) is 2. The average molecular weight is 455 g/mol. The summed E-state index contributed by atoms with van der Waals surface area (Å²) in [5.74, 6) is -0.243. The predicted octanol–water partition coefficient (Wildman–Crippen LogP) is 3.01. The zero-order valence-corrected chi connectivity index (χ0v) is 18.6. The van der Waals surface area contributed by atoms with Crippen molar-refractivity contribution in [3.8, 4) is 0 Å². The Bertz CT molecular complexity index is 1000. The van der Waals surface area contributed by atoms with Crippen molar-refractivity contribution in [3.05, 3.63) is 59.1 Å². The summed E-state index contributed by atoms with van der Waals surface area (Å²) in [7, 11) is 0. The third kappa shape index (κ3) is 5.47. The highest BCUT2D eigenvalue weighted by Crippen LogP contribution is 2.27. The van der Waals surface area contributed by atoms with Gasteiger partial charge in [-0.15, -0.1) is 0 Å². The van der Waals surface area contributed by atoms with Gasteiger partial charge in [0.05, 0.1) is 17.3 Å². The molecule has 0 saturated carbocycles. The number of rotatable bonds is 6. The topological polar surface area (TPSA) is 81.8 Å². The van der Waals surface area contributed by atoms with Crippen LogP contribution in [0.2, 0.25) is 5.02 Å². The fourth-order valence-electron chi connectivity index (χ4n) is 4.21. The largest absolute Gasteiger partial charge is 0.340 e. The van der Waals surface area contributed by atoms with Crippen LogP contribution in [0.5, 0.6) is 0 Å². The average Bonchev–Trinajstić information content (AvgIpc) is 2.79. The molecule has 2 aliphatic heterocycles. The van der Waals surface area contributed by atoms with E-state index in [-0.39, 0.29) is 30.2 Å². The van der Waals surface area contributed by atoms with E-state index in [4.69, 9.17) is 11.6 Å².